The predicted octanol–water partition coefficient (Wildman–Crippen LogP) is 1.81. The second-order valence-corrected chi connectivity index (χ2v) is 3.67. The number of rotatable bonds is 0. The predicted molar refractivity (Wildman–Crippen MR) is 41.5 cm³/mol. The highest BCUT2D eigenvalue weighted by Gasteiger charge is 2.66. The molecule has 14 heavy (non-hydrogen) atoms. The van der Waals surface area contributed by atoms with Crippen LogP contribution >= 0.6 is 0 Å². The zero-order valence-electron chi connectivity index (χ0n) is 7.34. The van der Waals surface area contributed by atoms with Crippen molar-refractivity contribution in [3.05, 3.63) is 0 Å². The third-order valence-electron chi connectivity index (χ3n) is 2.76. The van der Waals surface area contributed by atoms with Crippen LogP contribution in [0.25, 0.3) is 0 Å². The maximum Gasteiger partial charge on any atom is 0.458 e. The summed E-state index contributed by atoms with van der Waals surface area (Å²) in [6.45, 7) is 0. The third-order valence-corrected chi connectivity index (χ3v) is 2.76. The summed E-state index contributed by atoms with van der Waals surface area (Å²) in [5.41, 5.74) is 0.344. The first kappa shape index (κ1) is 9.76. The average Bonchev–Trinajstić information content (AvgIpc) is 2.45. The van der Waals surface area contributed by atoms with Gasteiger partial charge in [0.1, 0.15) is 0 Å². The van der Waals surface area contributed by atoms with Crippen molar-refractivity contribution in [2.45, 2.75) is 37.6 Å². The highest BCUT2D eigenvalue weighted by Crippen LogP contribution is 2.46. The van der Waals surface area contributed by atoms with Gasteiger partial charge in [0.25, 0.3) is 0 Å². The molecule has 1 aliphatic heterocycles. The molecule has 1 heterocycles. The zero-order chi connectivity index (χ0) is 10.4. The van der Waals surface area contributed by atoms with E-state index in [2.05, 4.69) is 9.99 Å². The first-order valence-corrected chi connectivity index (χ1v) is 4.49. The number of hydrogen-bond acceptors (Lipinski definition) is 3. The van der Waals surface area contributed by atoms with Crippen LogP contribution in [-0.4, -0.2) is 22.8 Å². The van der Waals surface area contributed by atoms with Gasteiger partial charge in [0.05, 0.1) is 11.6 Å². The Hall–Kier alpha value is -0.780. The lowest BCUT2D eigenvalue weighted by Crippen LogP contribution is -2.52. The van der Waals surface area contributed by atoms with E-state index in [0.717, 1.165) is 6.42 Å². The highest BCUT2D eigenvalue weighted by molar-refractivity contribution is 5.89. The maximum atomic E-state index is 12.5. The van der Waals surface area contributed by atoms with Crippen LogP contribution in [0.15, 0.2) is 5.16 Å². The second-order valence-electron chi connectivity index (χ2n) is 3.67. The molecule has 2 rings (SSSR count). The van der Waals surface area contributed by atoms with Crippen molar-refractivity contribution in [1.82, 2.24) is 0 Å². The lowest BCUT2D eigenvalue weighted by Gasteiger charge is -2.31. The van der Waals surface area contributed by atoms with Crippen LogP contribution in [0.5, 0.6) is 0 Å². The fourth-order valence-corrected chi connectivity index (χ4v) is 1.97. The van der Waals surface area contributed by atoms with Crippen molar-refractivity contribution >= 4 is 5.71 Å². The molecule has 2 unspecified atom stereocenters. The number of oxime groups is 1. The normalized spacial score (nSPS) is 37.4. The standard InChI is InChI=1S/C8H10F3NO2/c9-8(10,11)7(13)5-3-1-2-4-6(5)12-14-7/h5,13H,1-4H2. The molecule has 0 aromatic heterocycles. The van der Waals surface area contributed by atoms with Crippen LogP contribution in [0.4, 0.5) is 13.2 Å². The summed E-state index contributed by atoms with van der Waals surface area (Å²) >= 11 is 0. The van der Waals surface area contributed by atoms with E-state index in [1.807, 2.05) is 0 Å². The number of alkyl halides is 3. The van der Waals surface area contributed by atoms with Gasteiger partial charge < -0.3 is 9.94 Å². The first-order chi connectivity index (χ1) is 6.45. The van der Waals surface area contributed by atoms with Gasteiger partial charge in [-0.1, -0.05) is 11.6 Å². The fraction of sp³-hybridized carbons (Fsp3) is 0.875. The fourth-order valence-electron chi connectivity index (χ4n) is 1.97. The Morgan fingerprint density at radius 3 is 2.79 bits per heavy atom. The van der Waals surface area contributed by atoms with Crippen LogP contribution in [0.1, 0.15) is 25.7 Å². The molecule has 0 aromatic rings. The molecule has 2 aliphatic rings. The van der Waals surface area contributed by atoms with E-state index in [4.69, 9.17) is 0 Å². The largest absolute Gasteiger partial charge is 0.458 e. The number of nitrogens with zero attached hydrogens (tertiary/aromatic N) is 1. The Morgan fingerprint density at radius 1 is 1.43 bits per heavy atom. The van der Waals surface area contributed by atoms with Gasteiger partial charge in [0, 0.05) is 0 Å². The quantitative estimate of drug-likeness (QED) is 0.661. The Labute approximate surface area is 78.5 Å². The van der Waals surface area contributed by atoms with Crippen LogP contribution < -0.4 is 0 Å². The molecule has 80 valence electrons. The van der Waals surface area contributed by atoms with Crippen molar-refractivity contribution < 1.29 is 23.1 Å². The van der Waals surface area contributed by atoms with Crippen molar-refractivity contribution in [1.29, 1.82) is 0 Å². The van der Waals surface area contributed by atoms with Gasteiger partial charge in [0.15, 0.2) is 0 Å². The molecule has 6 heteroatoms. The molecule has 0 amide bonds. The van der Waals surface area contributed by atoms with Crippen LogP contribution in [0.3, 0.4) is 0 Å². The molecule has 3 nitrogen and oxygen atoms in total. The minimum Gasteiger partial charge on any atom is -0.350 e. The molecule has 0 saturated heterocycles. The minimum absolute atomic E-state index is 0.287. The van der Waals surface area contributed by atoms with E-state index in [-0.39, 0.29) is 6.42 Å². The van der Waals surface area contributed by atoms with Crippen molar-refractivity contribution in [3.63, 3.8) is 0 Å². The lowest BCUT2D eigenvalue weighted by molar-refractivity contribution is -0.370. The highest BCUT2D eigenvalue weighted by atomic mass is 19.4. The van der Waals surface area contributed by atoms with Gasteiger partial charge in [-0.15, -0.1) is 0 Å². The molecule has 1 saturated carbocycles. The van der Waals surface area contributed by atoms with E-state index in [0.29, 0.717) is 18.6 Å². The molecular formula is C8H10F3NO2. The van der Waals surface area contributed by atoms with Crippen molar-refractivity contribution in [2.75, 3.05) is 0 Å². The molecule has 0 spiro atoms. The molecular weight excluding hydrogens is 199 g/mol. The summed E-state index contributed by atoms with van der Waals surface area (Å²) in [4.78, 5) is 4.17. The second kappa shape index (κ2) is 2.85. The Bertz CT molecular complexity index is 276. The third kappa shape index (κ3) is 1.20. The van der Waals surface area contributed by atoms with Crippen LogP contribution in [-0.2, 0) is 4.84 Å². The molecule has 2 atom stereocenters. The van der Waals surface area contributed by atoms with Gasteiger partial charge in [-0.25, -0.2) is 0 Å². The Kier molecular flexibility index (Phi) is 1.99. The molecule has 1 N–H and O–H groups in total. The first-order valence-electron chi connectivity index (χ1n) is 4.49. The van der Waals surface area contributed by atoms with Crippen molar-refractivity contribution in [3.8, 4) is 0 Å². The SMILES string of the molecule is OC1(C(F)(F)F)ON=C2CCCCC21. The topological polar surface area (TPSA) is 41.8 Å². The molecule has 1 fully saturated rings. The number of hydrogen-bond donors (Lipinski definition) is 1. The van der Waals surface area contributed by atoms with Gasteiger partial charge >= 0.3 is 12.0 Å². The Balaban J connectivity index is 2.25. The van der Waals surface area contributed by atoms with E-state index < -0.39 is 17.9 Å². The number of halogens is 3. The number of aliphatic hydroxyl groups is 1. The molecule has 0 aromatic carbocycles. The van der Waals surface area contributed by atoms with E-state index in [9.17, 15) is 18.3 Å². The maximum absolute atomic E-state index is 12.5. The van der Waals surface area contributed by atoms with Gasteiger partial charge in [0.2, 0.25) is 0 Å². The molecule has 0 radical (unpaired) electrons. The minimum atomic E-state index is -4.78. The molecule has 1 aliphatic carbocycles. The molecule has 0 bridgehead atoms. The summed E-state index contributed by atoms with van der Waals surface area (Å²) in [7, 11) is 0. The average molecular weight is 209 g/mol. The summed E-state index contributed by atoms with van der Waals surface area (Å²) < 4.78 is 37.4. The zero-order valence-corrected chi connectivity index (χ0v) is 7.34. The summed E-state index contributed by atoms with van der Waals surface area (Å²) in [5, 5.41) is 12.7. The smallest absolute Gasteiger partial charge is 0.350 e. The van der Waals surface area contributed by atoms with E-state index in [1.165, 1.54) is 0 Å². The van der Waals surface area contributed by atoms with Crippen LogP contribution in [0.2, 0.25) is 0 Å². The van der Waals surface area contributed by atoms with Gasteiger partial charge in [-0.3, -0.25) is 0 Å². The van der Waals surface area contributed by atoms with Gasteiger partial charge in [-0.05, 0) is 19.3 Å². The summed E-state index contributed by atoms with van der Waals surface area (Å²) in [6.07, 6.45) is -2.52. The monoisotopic (exact) mass is 209 g/mol. The lowest BCUT2D eigenvalue weighted by atomic mass is 9.82. The summed E-state index contributed by atoms with van der Waals surface area (Å²) in [6, 6.07) is 0. The van der Waals surface area contributed by atoms with Gasteiger partial charge in [-0.2, -0.15) is 13.2 Å². The Morgan fingerprint density at radius 2 is 2.14 bits per heavy atom. The number of fused-ring (bicyclic) bond motifs is 1. The van der Waals surface area contributed by atoms with Crippen molar-refractivity contribution in [2.24, 2.45) is 11.1 Å². The van der Waals surface area contributed by atoms with E-state index >= 15 is 0 Å². The van der Waals surface area contributed by atoms with Crippen LogP contribution in [0, 0.1) is 5.92 Å². The van der Waals surface area contributed by atoms with E-state index in [1.54, 1.807) is 0 Å². The summed E-state index contributed by atoms with van der Waals surface area (Å²) in [5.74, 6) is -4.08.